The van der Waals surface area contributed by atoms with Crippen molar-refractivity contribution in [3.8, 4) is 0 Å². The van der Waals surface area contributed by atoms with Gasteiger partial charge in [-0.15, -0.1) is 3.89 Å². The summed E-state index contributed by atoms with van der Waals surface area (Å²) >= 11 is 0. The van der Waals surface area contributed by atoms with Crippen LogP contribution in [0.5, 0.6) is 0 Å². The van der Waals surface area contributed by atoms with Crippen molar-refractivity contribution in [2.24, 2.45) is 0 Å². The minimum absolute atomic E-state index is 0.152. The van der Waals surface area contributed by atoms with Gasteiger partial charge in [0.25, 0.3) is 0 Å². The molecule has 1 saturated heterocycles. The first kappa shape index (κ1) is 15.2. The van der Waals surface area contributed by atoms with Crippen molar-refractivity contribution in [2.45, 2.75) is 5.75 Å². The highest BCUT2D eigenvalue weighted by molar-refractivity contribution is 7.85. The van der Waals surface area contributed by atoms with Gasteiger partial charge in [-0.25, -0.2) is 0 Å². The van der Waals surface area contributed by atoms with Gasteiger partial charge in [-0.1, -0.05) is 6.07 Å². The monoisotopic (exact) mass is 302 g/mol. The van der Waals surface area contributed by atoms with Crippen LogP contribution >= 0.6 is 0 Å². The molecule has 1 fully saturated rings. The summed E-state index contributed by atoms with van der Waals surface area (Å²) in [5.74, 6) is -0.771. The predicted octanol–water partition coefficient (Wildman–Crippen LogP) is -1.42. The maximum Gasteiger partial charge on any atom is 0.488 e. The van der Waals surface area contributed by atoms with Gasteiger partial charge < -0.3 is 20.3 Å². The second kappa shape index (κ2) is 6.09. The zero-order valence-electron chi connectivity index (χ0n) is 10.8. The highest BCUT2D eigenvalue weighted by Crippen LogP contribution is 2.18. The molecule has 9 heteroatoms. The van der Waals surface area contributed by atoms with Crippen LogP contribution in [0.3, 0.4) is 0 Å². The quantitative estimate of drug-likeness (QED) is 0.467. The molecule has 0 aliphatic carbocycles. The molecule has 0 bridgehead atoms. The third-order valence-corrected chi connectivity index (χ3v) is 3.80. The summed E-state index contributed by atoms with van der Waals surface area (Å²) in [7, 11) is -6.38. The molecule has 3 N–H and O–H groups in total. The molecule has 1 aliphatic rings. The van der Waals surface area contributed by atoms with Gasteiger partial charge in [0.2, 0.25) is 0 Å². The molecule has 1 aromatic carbocycles. The minimum Gasteiger partial charge on any atom is -0.423 e. The Hall–Kier alpha value is -1.16. The van der Waals surface area contributed by atoms with Crippen LogP contribution in [0.15, 0.2) is 18.2 Å². The van der Waals surface area contributed by atoms with E-state index in [1.165, 1.54) is 6.07 Å². The molecule has 0 aromatic heterocycles. The smallest absolute Gasteiger partial charge is 0.423 e. The minimum atomic E-state index is -4.66. The van der Waals surface area contributed by atoms with Crippen LogP contribution in [0.25, 0.3) is 0 Å². The number of nitrogens with zero attached hydrogens (tertiary/aromatic N) is 1. The van der Waals surface area contributed by atoms with Crippen LogP contribution in [-0.4, -0.2) is 51.8 Å². The Labute approximate surface area is 117 Å². The Balaban J connectivity index is 2.34. The Morgan fingerprint density at radius 2 is 1.90 bits per heavy atom. The molecule has 0 radical (unpaired) electrons. The molecule has 6 nitrogen and oxygen atoms in total. The van der Waals surface area contributed by atoms with Crippen molar-refractivity contribution in [1.82, 2.24) is 5.32 Å². The summed E-state index contributed by atoms with van der Waals surface area (Å²) in [6.45, 7) is 2.99. The molecule has 0 amide bonds. The van der Waals surface area contributed by atoms with Gasteiger partial charge in [0.1, 0.15) is 5.75 Å². The Morgan fingerprint density at radius 1 is 1.25 bits per heavy atom. The highest BCUT2D eigenvalue weighted by Gasteiger charge is 2.19. The van der Waals surface area contributed by atoms with Gasteiger partial charge in [-0.05, 0) is 23.2 Å². The predicted molar refractivity (Wildman–Crippen MR) is 75.1 cm³/mol. The van der Waals surface area contributed by atoms with Gasteiger partial charge in [-0.3, -0.25) is 0 Å². The topological polar surface area (TPSA) is 89.9 Å². The molecule has 1 aliphatic heterocycles. The molecule has 0 spiro atoms. The molecular formula is C11H16BFN2O4S. The van der Waals surface area contributed by atoms with E-state index < -0.39 is 23.1 Å². The maximum absolute atomic E-state index is 12.8. The third-order valence-electron chi connectivity index (χ3n) is 3.12. The standard InChI is InChI=1S/C11H16BFN2O4S/c13-20(18,19)8-9-5-10(12(16)17)7-11(6-9)15-3-1-14-2-4-15/h5-7,14,16-17H,1-4,8H2. The molecule has 2 rings (SSSR count). The van der Waals surface area contributed by atoms with Gasteiger partial charge in [0.15, 0.2) is 0 Å². The number of hydrogen-bond donors (Lipinski definition) is 3. The lowest BCUT2D eigenvalue weighted by molar-refractivity contribution is 0.425. The molecule has 1 aromatic rings. The molecule has 0 unspecified atom stereocenters. The van der Waals surface area contributed by atoms with Crippen molar-refractivity contribution in [2.75, 3.05) is 31.1 Å². The SMILES string of the molecule is O=S(=O)(F)Cc1cc(B(O)O)cc(N2CCNCC2)c1. The first-order valence-electron chi connectivity index (χ1n) is 6.23. The van der Waals surface area contributed by atoms with Gasteiger partial charge in [-0.2, -0.15) is 8.42 Å². The number of rotatable bonds is 4. The Bertz CT molecular complexity index is 576. The van der Waals surface area contributed by atoms with Gasteiger partial charge in [0.05, 0.1) is 0 Å². The number of halogens is 1. The van der Waals surface area contributed by atoms with E-state index in [-0.39, 0.29) is 11.0 Å². The van der Waals surface area contributed by atoms with Crippen molar-refractivity contribution in [3.63, 3.8) is 0 Å². The average Bonchev–Trinajstić information content (AvgIpc) is 2.37. The number of benzene rings is 1. The fourth-order valence-electron chi connectivity index (χ4n) is 2.24. The zero-order chi connectivity index (χ0) is 14.8. The van der Waals surface area contributed by atoms with Crippen molar-refractivity contribution >= 4 is 28.5 Å². The van der Waals surface area contributed by atoms with E-state index in [2.05, 4.69) is 5.32 Å². The second-order valence-corrected chi connectivity index (χ2v) is 6.09. The van der Waals surface area contributed by atoms with E-state index in [4.69, 9.17) is 0 Å². The summed E-state index contributed by atoms with van der Waals surface area (Å²) in [5.41, 5.74) is 1.02. The first-order valence-corrected chi connectivity index (χ1v) is 7.78. The summed E-state index contributed by atoms with van der Waals surface area (Å²) in [6, 6.07) is 4.42. The number of nitrogens with one attached hydrogen (secondary N) is 1. The van der Waals surface area contributed by atoms with E-state index in [0.29, 0.717) is 18.8 Å². The fourth-order valence-corrected chi connectivity index (χ4v) is 2.80. The van der Waals surface area contributed by atoms with Crippen molar-refractivity contribution in [3.05, 3.63) is 23.8 Å². The lowest BCUT2D eigenvalue weighted by Gasteiger charge is -2.30. The summed E-state index contributed by atoms with van der Waals surface area (Å²) < 4.78 is 34.3. The fraction of sp³-hybridized carbons (Fsp3) is 0.455. The van der Waals surface area contributed by atoms with Crippen LogP contribution < -0.4 is 15.7 Å². The Kier molecular flexibility index (Phi) is 4.64. The number of piperazine rings is 1. The zero-order valence-corrected chi connectivity index (χ0v) is 11.6. The van der Waals surface area contributed by atoms with E-state index >= 15 is 0 Å². The van der Waals surface area contributed by atoms with Crippen LogP contribution in [0.2, 0.25) is 0 Å². The largest absolute Gasteiger partial charge is 0.488 e. The van der Waals surface area contributed by atoms with E-state index in [0.717, 1.165) is 13.1 Å². The lowest BCUT2D eigenvalue weighted by atomic mass is 9.79. The summed E-state index contributed by atoms with van der Waals surface area (Å²) in [4.78, 5) is 1.98. The first-order chi connectivity index (χ1) is 9.35. The average molecular weight is 302 g/mol. The van der Waals surface area contributed by atoms with Gasteiger partial charge in [0, 0.05) is 31.9 Å². The molecular weight excluding hydrogens is 286 g/mol. The molecule has 110 valence electrons. The lowest BCUT2D eigenvalue weighted by Crippen LogP contribution is -2.44. The van der Waals surface area contributed by atoms with E-state index in [1.807, 2.05) is 4.90 Å². The number of anilines is 1. The van der Waals surface area contributed by atoms with Gasteiger partial charge >= 0.3 is 17.3 Å². The van der Waals surface area contributed by atoms with Crippen LogP contribution in [0, 0.1) is 0 Å². The highest BCUT2D eigenvalue weighted by atomic mass is 32.3. The summed E-state index contributed by atoms with van der Waals surface area (Å²) in [5, 5.41) is 21.7. The number of hydrogen-bond acceptors (Lipinski definition) is 6. The second-order valence-electron chi connectivity index (χ2n) is 4.73. The molecule has 1 heterocycles. The van der Waals surface area contributed by atoms with Crippen LogP contribution in [0.1, 0.15) is 5.56 Å². The van der Waals surface area contributed by atoms with Crippen LogP contribution in [-0.2, 0) is 16.0 Å². The molecule has 0 atom stereocenters. The molecule has 20 heavy (non-hydrogen) atoms. The van der Waals surface area contributed by atoms with E-state index in [9.17, 15) is 22.4 Å². The van der Waals surface area contributed by atoms with E-state index in [1.54, 1.807) is 12.1 Å². The summed E-state index contributed by atoms with van der Waals surface area (Å²) in [6.07, 6.45) is 0. The Morgan fingerprint density at radius 3 is 2.45 bits per heavy atom. The normalized spacial score (nSPS) is 16.2. The van der Waals surface area contributed by atoms with Crippen molar-refractivity contribution in [1.29, 1.82) is 0 Å². The molecule has 0 saturated carbocycles. The van der Waals surface area contributed by atoms with Crippen LogP contribution in [0.4, 0.5) is 9.57 Å². The third kappa shape index (κ3) is 4.17. The van der Waals surface area contributed by atoms with Crippen molar-refractivity contribution < 1.29 is 22.4 Å². The maximum atomic E-state index is 12.8.